The first-order valence-corrected chi connectivity index (χ1v) is 5.59. The maximum atomic E-state index is 12.2. The molecular weight excluding hydrogens is 252 g/mol. The van der Waals surface area contributed by atoms with Crippen LogP contribution in [0.1, 0.15) is 22.5 Å². The summed E-state index contributed by atoms with van der Waals surface area (Å²) in [6.07, 6.45) is 1.13. The van der Waals surface area contributed by atoms with Crippen LogP contribution in [0.15, 0.2) is 35.1 Å². The molecular formula is C13H13ClN2O2. The Balaban J connectivity index is 0.00000120. The fourth-order valence-electron chi connectivity index (χ4n) is 2.43. The van der Waals surface area contributed by atoms with Gasteiger partial charge < -0.3 is 0 Å². The van der Waals surface area contributed by atoms with Gasteiger partial charge >= 0.3 is 0 Å². The SMILES string of the molecule is Cl.Cn1c2c(c(=O)n1-c1ccccc1)C(=O)CC2. The predicted octanol–water partition coefficient (Wildman–Crippen LogP) is 1.73. The van der Waals surface area contributed by atoms with Gasteiger partial charge in [-0.2, -0.15) is 0 Å². The zero-order valence-corrected chi connectivity index (χ0v) is 10.7. The molecule has 0 bridgehead atoms. The van der Waals surface area contributed by atoms with Gasteiger partial charge in [0.05, 0.1) is 11.4 Å². The minimum absolute atomic E-state index is 0. The van der Waals surface area contributed by atoms with Crippen LogP contribution in [-0.2, 0) is 13.5 Å². The van der Waals surface area contributed by atoms with Crippen LogP contribution in [0.3, 0.4) is 0 Å². The molecule has 1 aromatic heterocycles. The van der Waals surface area contributed by atoms with Gasteiger partial charge in [0.2, 0.25) is 0 Å². The molecule has 0 unspecified atom stereocenters. The summed E-state index contributed by atoms with van der Waals surface area (Å²) in [5, 5.41) is 0. The third kappa shape index (κ3) is 1.61. The molecule has 0 N–H and O–H groups in total. The van der Waals surface area contributed by atoms with Crippen LogP contribution in [0, 0.1) is 0 Å². The second kappa shape index (κ2) is 4.46. The van der Waals surface area contributed by atoms with Crippen LogP contribution in [-0.4, -0.2) is 15.1 Å². The number of fused-ring (bicyclic) bond motifs is 1. The highest BCUT2D eigenvalue weighted by Crippen LogP contribution is 2.20. The second-order valence-corrected chi connectivity index (χ2v) is 4.22. The van der Waals surface area contributed by atoms with Crippen LogP contribution in [0.2, 0.25) is 0 Å². The van der Waals surface area contributed by atoms with Crippen LogP contribution in [0.5, 0.6) is 0 Å². The molecule has 1 heterocycles. The molecule has 0 saturated carbocycles. The number of aromatic nitrogens is 2. The lowest BCUT2D eigenvalue weighted by molar-refractivity contribution is 0.0993. The number of hydrogen-bond acceptors (Lipinski definition) is 2. The maximum absolute atomic E-state index is 12.2. The Morgan fingerprint density at radius 2 is 1.72 bits per heavy atom. The van der Waals surface area contributed by atoms with Crippen molar-refractivity contribution >= 4 is 18.2 Å². The molecule has 94 valence electrons. The first kappa shape index (κ1) is 12.6. The van der Waals surface area contributed by atoms with E-state index in [1.165, 1.54) is 0 Å². The van der Waals surface area contributed by atoms with Gasteiger partial charge in [0.15, 0.2) is 5.78 Å². The second-order valence-electron chi connectivity index (χ2n) is 4.22. The number of para-hydroxylation sites is 1. The predicted molar refractivity (Wildman–Crippen MR) is 70.9 cm³/mol. The number of rotatable bonds is 1. The van der Waals surface area contributed by atoms with Gasteiger partial charge in [0, 0.05) is 13.5 Å². The van der Waals surface area contributed by atoms with Crippen molar-refractivity contribution in [2.75, 3.05) is 0 Å². The largest absolute Gasteiger partial charge is 0.294 e. The van der Waals surface area contributed by atoms with Gasteiger partial charge in [-0.05, 0) is 18.6 Å². The van der Waals surface area contributed by atoms with E-state index in [0.29, 0.717) is 18.4 Å². The van der Waals surface area contributed by atoms with Gasteiger partial charge in [-0.25, -0.2) is 4.68 Å². The van der Waals surface area contributed by atoms with Gasteiger partial charge in [-0.15, -0.1) is 12.4 Å². The van der Waals surface area contributed by atoms with Gasteiger partial charge in [-0.3, -0.25) is 14.3 Å². The van der Waals surface area contributed by atoms with Crippen molar-refractivity contribution in [3.8, 4) is 5.69 Å². The molecule has 0 saturated heterocycles. The lowest BCUT2D eigenvalue weighted by Gasteiger charge is -2.08. The van der Waals surface area contributed by atoms with Crippen LogP contribution in [0.25, 0.3) is 5.69 Å². The number of ketones is 1. The number of nitrogens with zero attached hydrogens (tertiary/aromatic N) is 2. The molecule has 2 aromatic rings. The summed E-state index contributed by atoms with van der Waals surface area (Å²) in [6, 6.07) is 9.38. The van der Waals surface area contributed by atoms with Gasteiger partial charge in [-0.1, -0.05) is 18.2 Å². The minimum Gasteiger partial charge on any atom is -0.294 e. The molecule has 0 aliphatic heterocycles. The minimum atomic E-state index is -0.198. The highest BCUT2D eigenvalue weighted by atomic mass is 35.5. The number of halogens is 1. The highest BCUT2D eigenvalue weighted by molar-refractivity contribution is 5.99. The van der Waals surface area contributed by atoms with Gasteiger partial charge in [0.1, 0.15) is 5.56 Å². The summed E-state index contributed by atoms with van der Waals surface area (Å²) in [6.45, 7) is 0. The van der Waals surface area contributed by atoms with Crippen LogP contribution in [0.4, 0.5) is 0 Å². The van der Waals surface area contributed by atoms with E-state index in [4.69, 9.17) is 0 Å². The quantitative estimate of drug-likeness (QED) is 0.787. The molecule has 1 aliphatic rings. The average Bonchev–Trinajstić information content (AvgIpc) is 2.82. The molecule has 0 amide bonds. The fourth-order valence-corrected chi connectivity index (χ4v) is 2.43. The molecule has 0 fully saturated rings. The van der Waals surface area contributed by atoms with E-state index in [-0.39, 0.29) is 23.7 Å². The van der Waals surface area contributed by atoms with Crippen molar-refractivity contribution < 1.29 is 4.79 Å². The number of benzene rings is 1. The summed E-state index contributed by atoms with van der Waals surface area (Å²) in [7, 11) is 1.83. The average molecular weight is 265 g/mol. The number of carbonyl (C=O) groups is 1. The molecule has 1 aromatic carbocycles. The Hall–Kier alpha value is -1.81. The highest BCUT2D eigenvalue weighted by Gasteiger charge is 2.29. The molecule has 5 heteroatoms. The topological polar surface area (TPSA) is 44.0 Å². The van der Waals surface area contributed by atoms with E-state index in [1.807, 2.05) is 37.4 Å². The van der Waals surface area contributed by atoms with Gasteiger partial charge in [0.25, 0.3) is 5.56 Å². The molecule has 3 rings (SSSR count). The fraction of sp³-hybridized carbons (Fsp3) is 0.231. The zero-order valence-electron chi connectivity index (χ0n) is 9.92. The summed E-state index contributed by atoms with van der Waals surface area (Å²) in [5.41, 5.74) is 1.82. The van der Waals surface area contributed by atoms with Crippen LogP contribution < -0.4 is 5.56 Å². The van der Waals surface area contributed by atoms with Crippen molar-refractivity contribution in [2.45, 2.75) is 12.8 Å². The Morgan fingerprint density at radius 1 is 1.06 bits per heavy atom. The van der Waals surface area contributed by atoms with Crippen molar-refractivity contribution in [1.29, 1.82) is 0 Å². The molecule has 1 aliphatic carbocycles. The third-order valence-electron chi connectivity index (χ3n) is 3.25. The number of hydrogen-bond donors (Lipinski definition) is 0. The smallest absolute Gasteiger partial charge is 0.282 e. The van der Waals surface area contributed by atoms with Crippen molar-refractivity contribution in [3.05, 3.63) is 51.9 Å². The van der Waals surface area contributed by atoms with E-state index in [9.17, 15) is 9.59 Å². The van der Waals surface area contributed by atoms with E-state index in [1.54, 1.807) is 9.36 Å². The monoisotopic (exact) mass is 264 g/mol. The number of Topliss-reactive ketones (excluding diaryl/α,β-unsaturated/α-hetero) is 1. The number of carbonyl (C=O) groups excluding carboxylic acids is 1. The van der Waals surface area contributed by atoms with Crippen LogP contribution >= 0.6 is 12.4 Å². The third-order valence-corrected chi connectivity index (χ3v) is 3.25. The lowest BCUT2D eigenvalue weighted by Crippen LogP contribution is -2.22. The molecule has 0 radical (unpaired) electrons. The molecule has 0 spiro atoms. The summed E-state index contributed by atoms with van der Waals surface area (Å²) in [4.78, 5) is 23.9. The molecule has 4 nitrogen and oxygen atoms in total. The van der Waals surface area contributed by atoms with E-state index < -0.39 is 0 Å². The zero-order chi connectivity index (χ0) is 12.0. The standard InChI is InChI=1S/C13H12N2O2.ClH/c1-14-10-7-8-11(16)12(10)13(17)15(14)9-5-3-2-4-6-9;/h2-6H,7-8H2,1H3;1H. The van der Waals surface area contributed by atoms with E-state index in [2.05, 4.69) is 0 Å². The lowest BCUT2D eigenvalue weighted by atomic mass is 10.2. The molecule has 0 atom stereocenters. The van der Waals surface area contributed by atoms with Crippen molar-refractivity contribution in [3.63, 3.8) is 0 Å². The Labute approximate surface area is 110 Å². The summed E-state index contributed by atoms with van der Waals surface area (Å²) in [5.74, 6) is -0.0321. The Kier molecular flexibility index (Phi) is 3.13. The summed E-state index contributed by atoms with van der Waals surface area (Å²) >= 11 is 0. The van der Waals surface area contributed by atoms with Crippen molar-refractivity contribution in [1.82, 2.24) is 9.36 Å². The first-order valence-electron chi connectivity index (χ1n) is 5.59. The maximum Gasteiger partial charge on any atom is 0.282 e. The Bertz CT molecular complexity index is 656. The van der Waals surface area contributed by atoms with E-state index in [0.717, 1.165) is 11.4 Å². The first-order chi connectivity index (χ1) is 8.20. The Morgan fingerprint density at radius 3 is 2.33 bits per heavy atom. The van der Waals surface area contributed by atoms with Crippen molar-refractivity contribution in [2.24, 2.45) is 7.05 Å². The normalized spacial score (nSPS) is 13.3. The molecule has 18 heavy (non-hydrogen) atoms. The van der Waals surface area contributed by atoms with E-state index >= 15 is 0 Å². The summed E-state index contributed by atoms with van der Waals surface area (Å²) < 4.78 is 3.35.